The van der Waals surface area contributed by atoms with Gasteiger partial charge in [0.1, 0.15) is 6.10 Å². The van der Waals surface area contributed by atoms with Crippen LogP contribution in [-0.2, 0) is 16.1 Å². The third-order valence-electron chi connectivity index (χ3n) is 4.45. The summed E-state index contributed by atoms with van der Waals surface area (Å²) in [6.07, 6.45) is 1.62. The lowest BCUT2D eigenvalue weighted by molar-refractivity contribution is -0.142. The van der Waals surface area contributed by atoms with Gasteiger partial charge in [0.05, 0.1) is 11.4 Å². The average Bonchev–Trinajstić information content (AvgIpc) is 3.36. The Balaban J connectivity index is 1.29. The molecule has 2 aliphatic rings. The van der Waals surface area contributed by atoms with Gasteiger partial charge in [-0.1, -0.05) is 6.07 Å². The molecule has 4 rings (SSSR count). The fourth-order valence-corrected chi connectivity index (χ4v) is 3.76. The highest BCUT2D eigenvalue weighted by molar-refractivity contribution is 7.13. The molecule has 0 radical (unpaired) electrons. The molecule has 7 nitrogen and oxygen atoms in total. The number of amides is 1. The number of thiophene rings is 1. The second kappa shape index (κ2) is 7.00. The van der Waals surface area contributed by atoms with Crippen LogP contribution in [0, 0.1) is 0 Å². The van der Waals surface area contributed by atoms with E-state index in [0.29, 0.717) is 24.9 Å². The number of ether oxygens (including phenoxy) is 1. The first kappa shape index (κ1) is 15.7. The van der Waals surface area contributed by atoms with Crippen LogP contribution < -0.4 is 0 Å². The quantitative estimate of drug-likeness (QED) is 0.836. The van der Waals surface area contributed by atoms with Crippen LogP contribution in [0.3, 0.4) is 0 Å². The van der Waals surface area contributed by atoms with E-state index in [1.54, 1.807) is 11.3 Å². The maximum Gasteiger partial charge on any atom is 0.257 e. The third kappa shape index (κ3) is 3.35. The standard InChI is InChI=1S/C16H20N4O3S/c21-16(12-3-1-9-22-12)20-7-5-19(6-8-20)11-14-17-18-15(23-14)13-4-2-10-24-13/h2,4,10,12H,1,3,5-9,11H2. The molecule has 2 saturated heterocycles. The lowest BCUT2D eigenvalue weighted by Crippen LogP contribution is -2.51. The van der Waals surface area contributed by atoms with E-state index in [-0.39, 0.29) is 12.0 Å². The molecule has 128 valence electrons. The summed E-state index contributed by atoms with van der Waals surface area (Å²) < 4.78 is 11.2. The summed E-state index contributed by atoms with van der Waals surface area (Å²) in [4.78, 5) is 17.5. The van der Waals surface area contributed by atoms with Crippen molar-refractivity contribution < 1.29 is 13.9 Å². The molecule has 2 aromatic heterocycles. The smallest absolute Gasteiger partial charge is 0.257 e. The minimum atomic E-state index is -0.221. The van der Waals surface area contributed by atoms with Crippen LogP contribution in [0.25, 0.3) is 10.8 Å². The zero-order valence-electron chi connectivity index (χ0n) is 13.4. The van der Waals surface area contributed by atoms with Gasteiger partial charge in [0.2, 0.25) is 5.89 Å². The number of hydrogen-bond donors (Lipinski definition) is 0. The van der Waals surface area contributed by atoms with E-state index in [4.69, 9.17) is 9.15 Å². The van der Waals surface area contributed by atoms with Crippen molar-refractivity contribution in [3.05, 3.63) is 23.4 Å². The monoisotopic (exact) mass is 348 g/mol. The van der Waals surface area contributed by atoms with Gasteiger partial charge in [-0.3, -0.25) is 9.69 Å². The van der Waals surface area contributed by atoms with Gasteiger partial charge in [-0.25, -0.2) is 0 Å². The molecule has 1 amide bonds. The fraction of sp³-hybridized carbons (Fsp3) is 0.562. The van der Waals surface area contributed by atoms with Crippen LogP contribution in [-0.4, -0.2) is 64.8 Å². The number of piperazine rings is 1. The van der Waals surface area contributed by atoms with E-state index in [1.807, 2.05) is 22.4 Å². The van der Waals surface area contributed by atoms with Crippen molar-refractivity contribution in [2.24, 2.45) is 0 Å². The van der Waals surface area contributed by atoms with Crippen LogP contribution >= 0.6 is 11.3 Å². The van der Waals surface area contributed by atoms with Gasteiger partial charge in [-0.15, -0.1) is 21.5 Å². The number of hydrogen-bond acceptors (Lipinski definition) is 7. The van der Waals surface area contributed by atoms with Crippen LogP contribution in [0.2, 0.25) is 0 Å². The molecule has 1 atom stereocenters. The first-order valence-electron chi connectivity index (χ1n) is 8.28. The number of carbonyl (C=O) groups excluding carboxylic acids is 1. The Hall–Kier alpha value is -1.77. The Bertz CT molecular complexity index is 673. The topological polar surface area (TPSA) is 71.7 Å². The minimum Gasteiger partial charge on any atom is -0.419 e. The van der Waals surface area contributed by atoms with Gasteiger partial charge >= 0.3 is 0 Å². The molecule has 2 aliphatic heterocycles. The highest BCUT2D eigenvalue weighted by Gasteiger charge is 2.30. The summed E-state index contributed by atoms with van der Waals surface area (Å²) in [7, 11) is 0. The normalized spacial score (nSPS) is 22.2. The van der Waals surface area contributed by atoms with Crippen molar-refractivity contribution >= 4 is 17.2 Å². The van der Waals surface area contributed by atoms with Gasteiger partial charge in [0.25, 0.3) is 11.8 Å². The van der Waals surface area contributed by atoms with Crippen molar-refractivity contribution in [1.82, 2.24) is 20.0 Å². The summed E-state index contributed by atoms with van der Waals surface area (Å²) in [6.45, 7) is 4.42. The Morgan fingerprint density at radius 1 is 1.29 bits per heavy atom. The van der Waals surface area contributed by atoms with Crippen LogP contribution in [0.1, 0.15) is 18.7 Å². The maximum atomic E-state index is 12.3. The van der Waals surface area contributed by atoms with E-state index in [2.05, 4.69) is 15.1 Å². The molecule has 0 bridgehead atoms. The van der Waals surface area contributed by atoms with Gasteiger partial charge in [0.15, 0.2) is 0 Å². The molecule has 0 aromatic carbocycles. The van der Waals surface area contributed by atoms with Crippen molar-refractivity contribution in [3.8, 4) is 10.8 Å². The Kier molecular flexibility index (Phi) is 4.59. The third-order valence-corrected chi connectivity index (χ3v) is 5.30. The summed E-state index contributed by atoms with van der Waals surface area (Å²) in [6, 6.07) is 3.94. The van der Waals surface area contributed by atoms with Crippen molar-refractivity contribution in [2.75, 3.05) is 32.8 Å². The Morgan fingerprint density at radius 3 is 2.88 bits per heavy atom. The molecule has 1 unspecified atom stereocenters. The first-order chi connectivity index (χ1) is 11.8. The van der Waals surface area contributed by atoms with Crippen LogP contribution in [0.5, 0.6) is 0 Å². The molecule has 0 aliphatic carbocycles. The molecule has 2 fully saturated rings. The molecule has 2 aromatic rings. The number of carbonyl (C=O) groups is 1. The van der Waals surface area contributed by atoms with E-state index < -0.39 is 0 Å². The summed E-state index contributed by atoms with van der Waals surface area (Å²) in [5.41, 5.74) is 0. The molecule has 0 N–H and O–H groups in total. The molecule has 4 heterocycles. The fourth-order valence-electron chi connectivity index (χ4n) is 3.11. The zero-order valence-corrected chi connectivity index (χ0v) is 14.2. The van der Waals surface area contributed by atoms with Gasteiger partial charge < -0.3 is 14.1 Å². The minimum absolute atomic E-state index is 0.143. The lowest BCUT2D eigenvalue weighted by atomic mass is 10.2. The van der Waals surface area contributed by atoms with Crippen molar-refractivity contribution in [3.63, 3.8) is 0 Å². The van der Waals surface area contributed by atoms with Crippen LogP contribution in [0.4, 0.5) is 0 Å². The second-order valence-corrected chi connectivity index (χ2v) is 7.03. The summed E-state index contributed by atoms with van der Waals surface area (Å²) >= 11 is 1.59. The predicted molar refractivity (Wildman–Crippen MR) is 88.4 cm³/mol. The maximum absolute atomic E-state index is 12.3. The SMILES string of the molecule is O=C(C1CCCO1)N1CCN(Cc2nnc(-c3cccs3)o2)CC1. The van der Waals surface area contributed by atoms with Gasteiger partial charge in [-0.05, 0) is 24.3 Å². The van der Waals surface area contributed by atoms with E-state index in [0.717, 1.165) is 43.9 Å². The summed E-state index contributed by atoms with van der Waals surface area (Å²) in [5.74, 6) is 1.34. The van der Waals surface area contributed by atoms with E-state index in [1.165, 1.54) is 0 Å². The Labute approximate surface area is 144 Å². The Morgan fingerprint density at radius 2 is 2.17 bits per heavy atom. The first-order valence-corrected chi connectivity index (χ1v) is 9.16. The highest BCUT2D eigenvalue weighted by atomic mass is 32.1. The number of aromatic nitrogens is 2. The van der Waals surface area contributed by atoms with Crippen LogP contribution in [0.15, 0.2) is 21.9 Å². The predicted octanol–water partition coefficient (Wildman–Crippen LogP) is 1.62. The number of rotatable bonds is 4. The van der Waals surface area contributed by atoms with Crippen molar-refractivity contribution in [1.29, 1.82) is 0 Å². The van der Waals surface area contributed by atoms with E-state index >= 15 is 0 Å². The molecular formula is C16H20N4O3S. The molecule has 8 heteroatoms. The lowest BCUT2D eigenvalue weighted by Gasteiger charge is -2.35. The highest BCUT2D eigenvalue weighted by Crippen LogP contribution is 2.23. The zero-order chi connectivity index (χ0) is 16.4. The second-order valence-electron chi connectivity index (χ2n) is 6.08. The van der Waals surface area contributed by atoms with Crippen molar-refractivity contribution in [2.45, 2.75) is 25.5 Å². The molecule has 0 spiro atoms. The number of nitrogens with zero attached hydrogens (tertiary/aromatic N) is 4. The molecule has 24 heavy (non-hydrogen) atoms. The largest absolute Gasteiger partial charge is 0.419 e. The average molecular weight is 348 g/mol. The summed E-state index contributed by atoms with van der Waals surface area (Å²) in [5, 5.41) is 10.2. The van der Waals surface area contributed by atoms with Gasteiger partial charge in [0, 0.05) is 32.8 Å². The van der Waals surface area contributed by atoms with E-state index in [9.17, 15) is 4.79 Å². The molecule has 0 saturated carbocycles. The molecular weight excluding hydrogens is 328 g/mol. The van der Waals surface area contributed by atoms with Gasteiger partial charge in [-0.2, -0.15) is 0 Å².